The van der Waals surface area contributed by atoms with Crippen molar-refractivity contribution in [3.8, 4) is 0 Å². The quantitative estimate of drug-likeness (QED) is 0.751. The fourth-order valence-corrected chi connectivity index (χ4v) is 3.21. The molecule has 0 heterocycles. The summed E-state index contributed by atoms with van der Waals surface area (Å²) in [6.45, 7) is 7.86. The smallest absolute Gasteiger partial charge is 0.0292 e. The Morgan fingerprint density at radius 1 is 1.20 bits per heavy atom. The minimum absolute atomic E-state index is 0.379. The van der Waals surface area contributed by atoms with Gasteiger partial charge in [0.25, 0.3) is 0 Å². The zero-order valence-corrected chi connectivity index (χ0v) is 15.1. The summed E-state index contributed by atoms with van der Waals surface area (Å²) in [4.78, 5) is 2.36. The first kappa shape index (κ1) is 17.7. The highest BCUT2D eigenvalue weighted by molar-refractivity contribution is 9.10. The highest BCUT2D eigenvalue weighted by Crippen LogP contribution is 2.20. The Labute approximate surface area is 133 Å². The van der Waals surface area contributed by atoms with E-state index < -0.39 is 0 Å². The van der Waals surface area contributed by atoms with E-state index in [9.17, 15) is 0 Å². The van der Waals surface area contributed by atoms with E-state index in [2.05, 4.69) is 85.3 Å². The van der Waals surface area contributed by atoms with Gasteiger partial charge in [-0.15, -0.1) is 0 Å². The zero-order valence-electron chi connectivity index (χ0n) is 13.5. The third-order valence-electron chi connectivity index (χ3n) is 4.24. The summed E-state index contributed by atoms with van der Waals surface area (Å²) in [5.74, 6) is 0.757. The maximum atomic E-state index is 3.69. The number of hydrogen-bond donors (Lipinski definition) is 1. The molecule has 0 aromatic heterocycles. The van der Waals surface area contributed by atoms with E-state index in [1.807, 2.05) is 0 Å². The van der Waals surface area contributed by atoms with Crippen LogP contribution in [-0.4, -0.2) is 31.6 Å². The van der Waals surface area contributed by atoms with Gasteiger partial charge in [0.05, 0.1) is 0 Å². The summed E-state index contributed by atoms with van der Waals surface area (Å²) >= 11 is 3.54. The van der Waals surface area contributed by atoms with Gasteiger partial charge in [-0.05, 0) is 44.6 Å². The van der Waals surface area contributed by atoms with Crippen LogP contribution in [0.2, 0.25) is 0 Å². The molecule has 114 valence electrons. The highest BCUT2D eigenvalue weighted by atomic mass is 79.9. The Morgan fingerprint density at radius 2 is 1.85 bits per heavy atom. The van der Waals surface area contributed by atoms with Crippen LogP contribution < -0.4 is 5.32 Å². The summed E-state index contributed by atoms with van der Waals surface area (Å²) in [6, 6.07) is 9.53. The number of benzene rings is 1. The normalized spacial score (nSPS) is 14.8. The average Bonchev–Trinajstić information content (AvgIpc) is 2.42. The molecule has 0 spiro atoms. The third kappa shape index (κ3) is 5.19. The molecule has 2 atom stereocenters. The lowest BCUT2D eigenvalue weighted by molar-refractivity contribution is 0.190. The van der Waals surface area contributed by atoms with Gasteiger partial charge in [-0.2, -0.15) is 0 Å². The van der Waals surface area contributed by atoms with Crippen LogP contribution in [0.5, 0.6) is 0 Å². The number of rotatable bonds is 8. The Kier molecular flexibility index (Phi) is 7.78. The molecule has 1 rings (SSSR count). The summed E-state index contributed by atoms with van der Waals surface area (Å²) in [7, 11) is 4.38. The summed E-state index contributed by atoms with van der Waals surface area (Å²) < 4.78 is 1.15. The molecule has 0 fully saturated rings. The van der Waals surface area contributed by atoms with Crippen molar-refractivity contribution in [1.82, 2.24) is 10.2 Å². The van der Waals surface area contributed by atoms with Crippen LogP contribution in [0.4, 0.5) is 0 Å². The van der Waals surface area contributed by atoms with Crippen LogP contribution in [0.1, 0.15) is 45.2 Å². The summed E-state index contributed by atoms with van der Waals surface area (Å²) in [5, 5.41) is 3.69. The SMILES string of the molecule is CCC(CC)C(CNC(C)c1cccc(Br)c1)N(C)C. The number of nitrogens with one attached hydrogen (secondary N) is 1. The van der Waals surface area contributed by atoms with Crippen LogP contribution in [0.15, 0.2) is 28.7 Å². The first-order chi connectivity index (χ1) is 9.49. The first-order valence-electron chi connectivity index (χ1n) is 7.64. The molecule has 2 nitrogen and oxygen atoms in total. The Bertz CT molecular complexity index is 388. The van der Waals surface area contributed by atoms with E-state index in [1.54, 1.807) is 0 Å². The van der Waals surface area contributed by atoms with Gasteiger partial charge in [0, 0.05) is 23.1 Å². The van der Waals surface area contributed by atoms with Crippen LogP contribution in [0.25, 0.3) is 0 Å². The molecule has 0 saturated heterocycles. The van der Waals surface area contributed by atoms with Gasteiger partial charge in [0.15, 0.2) is 0 Å². The molecule has 0 bridgehead atoms. The van der Waals surface area contributed by atoms with Crippen LogP contribution in [-0.2, 0) is 0 Å². The predicted molar refractivity (Wildman–Crippen MR) is 92.1 cm³/mol. The van der Waals surface area contributed by atoms with E-state index >= 15 is 0 Å². The van der Waals surface area contributed by atoms with Gasteiger partial charge < -0.3 is 10.2 Å². The summed E-state index contributed by atoms with van der Waals surface area (Å²) in [6.07, 6.45) is 2.48. The fraction of sp³-hybridized carbons (Fsp3) is 0.647. The maximum absolute atomic E-state index is 3.69. The van der Waals surface area contributed by atoms with Crippen LogP contribution in [0.3, 0.4) is 0 Å². The van der Waals surface area contributed by atoms with Gasteiger partial charge in [-0.3, -0.25) is 0 Å². The van der Waals surface area contributed by atoms with Crippen molar-refractivity contribution >= 4 is 15.9 Å². The molecule has 0 aliphatic carbocycles. The topological polar surface area (TPSA) is 15.3 Å². The molecule has 0 aliphatic heterocycles. The molecule has 0 amide bonds. The molecule has 0 saturated carbocycles. The first-order valence-corrected chi connectivity index (χ1v) is 8.44. The predicted octanol–water partition coefficient (Wildman–Crippen LogP) is 4.47. The van der Waals surface area contributed by atoms with E-state index in [1.165, 1.54) is 18.4 Å². The summed E-state index contributed by atoms with van der Waals surface area (Å²) in [5.41, 5.74) is 1.33. The standard InChI is InChI=1S/C17H29BrN2/c1-6-14(7-2)17(20(4)5)12-19-13(3)15-9-8-10-16(18)11-15/h8-11,13-14,17,19H,6-7,12H2,1-5H3. The van der Waals surface area contributed by atoms with Crippen molar-refractivity contribution in [2.45, 2.75) is 45.7 Å². The lowest BCUT2D eigenvalue weighted by Crippen LogP contribution is -2.43. The number of halogens is 1. The molecule has 3 heteroatoms. The lowest BCUT2D eigenvalue weighted by atomic mass is 9.93. The minimum Gasteiger partial charge on any atom is -0.309 e. The second kappa shape index (κ2) is 8.81. The largest absolute Gasteiger partial charge is 0.309 e. The van der Waals surface area contributed by atoms with Crippen molar-refractivity contribution in [2.75, 3.05) is 20.6 Å². The van der Waals surface area contributed by atoms with E-state index in [-0.39, 0.29) is 0 Å². The van der Waals surface area contributed by atoms with Crippen molar-refractivity contribution in [3.05, 3.63) is 34.3 Å². The Balaban J connectivity index is 2.63. The molecular formula is C17H29BrN2. The Morgan fingerprint density at radius 3 is 2.35 bits per heavy atom. The van der Waals surface area contributed by atoms with Gasteiger partial charge in [0.2, 0.25) is 0 Å². The molecular weight excluding hydrogens is 312 g/mol. The molecule has 2 unspecified atom stereocenters. The van der Waals surface area contributed by atoms with Crippen LogP contribution in [0, 0.1) is 5.92 Å². The third-order valence-corrected chi connectivity index (χ3v) is 4.73. The fourth-order valence-electron chi connectivity index (χ4n) is 2.80. The van der Waals surface area contributed by atoms with Gasteiger partial charge in [0.1, 0.15) is 0 Å². The minimum atomic E-state index is 0.379. The zero-order chi connectivity index (χ0) is 15.1. The van der Waals surface area contributed by atoms with E-state index in [0.717, 1.165) is 16.9 Å². The Hall–Kier alpha value is -0.380. The van der Waals surface area contributed by atoms with Gasteiger partial charge in [-0.1, -0.05) is 54.8 Å². The van der Waals surface area contributed by atoms with Crippen molar-refractivity contribution in [2.24, 2.45) is 5.92 Å². The molecule has 20 heavy (non-hydrogen) atoms. The van der Waals surface area contributed by atoms with E-state index in [0.29, 0.717) is 12.1 Å². The second-order valence-corrected chi connectivity index (χ2v) is 6.71. The van der Waals surface area contributed by atoms with Crippen molar-refractivity contribution in [3.63, 3.8) is 0 Å². The van der Waals surface area contributed by atoms with Crippen molar-refractivity contribution < 1.29 is 0 Å². The molecule has 0 radical (unpaired) electrons. The molecule has 0 aliphatic rings. The van der Waals surface area contributed by atoms with Crippen molar-refractivity contribution in [1.29, 1.82) is 0 Å². The van der Waals surface area contributed by atoms with Gasteiger partial charge >= 0.3 is 0 Å². The second-order valence-electron chi connectivity index (χ2n) is 5.79. The lowest BCUT2D eigenvalue weighted by Gasteiger charge is -2.32. The molecule has 1 N–H and O–H groups in total. The molecule has 1 aromatic rings. The number of likely N-dealkylation sites (N-methyl/N-ethyl adjacent to an activating group) is 1. The highest BCUT2D eigenvalue weighted by Gasteiger charge is 2.21. The number of nitrogens with zero attached hydrogens (tertiary/aromatic N) is 1. The average molecular weight is 341 g/mol. The number of hydrogen-bond acceptors (Lipinski definition) is 2. The van der Waals surface area contributed by atoms with Gasteiger partial charge in [-0.25, -0.2) is 0 Å². The monoisotopic (exact) mass is 340 g/mol. The molecule has 1 aromatic carbocycles. The maximum Gasteiger partial charge on any atom is 0.0292 e. The van der Waals surface area contributed by atoms with E-state index in [4.69, 9.17) is 0 Å². The van der Waals surface area contributed by atoms with Crippen LogP contribution >= 0.6 is 15.9 Å².